The fourth-order valence-corrected chi connectivity index (χ4v) is 5.36. The molecule has 32 heavy (non-hydrogen) atoms. The van der Waals surface area contributed by atoms with Gasteiger partial charge in [-0.15, -0.1) is 0 Å². The Kier molecular flexibility index (Phi) is 8.28. The molecule has 0 saturated carbocycles. The van der Waals surface area contributed by atoms with Crippen molar-refractivity contribution >= 4 is 21.6 Å². The van der Waals surface area contributed by atoms with Crippen LogP contribution in [0.5, 0.6) is 5.75 Å². The van der Waals surface area contributed by atoms with E-state index in [1.807, 2.05) is 44.2 Å². The van der Waals surface area contributed by atoms with Crippen LogP contribution in [0.1, 0.15) is 38.7 Å². The van der Waals surface area contributed by atoms with Crippen molar-refractivity contribution in [2.24, 2.45) is 0 Å². The minimum atomic E-state index is -3.61. The number of sulfonamides is 1. The summed E-state index contributed by atoms with van der Waals surface area (Å²) in [6, 6.07) is 14.8. The highest BCUT2D eigenvalue weighted by Gasteiger charge is 2.27. The molecule has 1 amide bonds. The van der Waals surface area contributed by atoms with E-state index in [0.29, 0.717) is 31.1 Å². The predicted octanol–water partition coefficient (Wildman–Crippen LogP) is 3.72. The summed E-state index contributed by atoms with van der Waals surface area (Å²) >= 11 is 0. The number of nitrogens with zero attached hydrogens (tertiary/aromatic N) is 2. The molecule has 7 nitrogen and oxygen atoms in total. The number of nitrogens with one attached hydrogen (secondary N) is 1. The number of rotatable bonds is 9. The predicted molar refractivity (Wildman–Crippen MR) is 126 cm³/mol. The highest BCUT2D eigenvalue weighted by atomic mass is 32.2. The largest absolute Gasteiger partial charge is 0.495 e. The Morgan fingerprint density at radius 1 is 1.09 bits per heavy atom. The maximum Gasteiger partial charge on any atom is 0.243 e. The third-order valence-electron chi connectivity index (χ3n) is 5.70. The molecule has 1 saturated heterocycles. The smallest absolute Gasteiger partial charge is 0.243 e. The van der Waals surface area contributed by atoms with Gasteiger partial charge in [-0.3, -0.25) is 9.69 Å². The van der Waals surface area contributed by atoms with Gasteiger partial charge in [-0.2, -0.15) is 4.31 Å². The minimum Gasteiger partial charge on any atom is -0.495 e. The Morgan fingerprint density at radius 3 is 2.41 bits per heavy atom. The highest BCUT2D eigenvalue weighted by Crippen LogP contribution is 2.30. The molecule has 1 aliphatic rings. The van der Waals surface area contributed by atoms with Crippen molar-refractivity contribution in [2.75, 3.05) is 32.1 Å². The van der Waals surface area contributed by atoms with Crippen LogP contribution in [0.2, 0.25) is 0 Å². The topological polar surface area (TPSA) is 79.0 Å². The van der Waals surface area contributed by atoms with Crippen LogP contribution in [-0.2, 0) is 21.4 Å². The number of carbonyl (C=O) groups excluding carboxylic acids is 1. The van der Waals surface area contributed by atoms with Gasteiger partial charge in [0.15, 0.2) is 0 Å². The maximum absolute atomic E-state index is 13.1. The van der Waals surface area contributed by atoms with Crippen LogP contribution < -0.4 is 10.1 Å². The Bertz CT molecular complexity index is 1000. The number of benzene rings is 2. The van der Waals surface area contributed by atoms with Gasteiger partial charge in [0.25, 0.3) is 0 Å². The lowest BCUT2D eigenvalue weighted by atomic mass is 10.2. The minimum absolute atomic E-state index is 0.161. The summed E-state index contributed by atoms with van der Waals surface area (Å²) in [6.45, 7) is 5.97. The van der Waals surface area contributed by atoms with Gasteiger partial charge in [-0.05, 0) is 50.5 Å². The van der Waals surface area contributed by atoms with E-state index in [4.69, 9.17) is 4.74 Å². The van der Waals surface area contributed by atoms with E-state index in [2.05, 4.69) is 10.2 Å². The molecule has 1 fully saturated rings. The zero-order valence-electron chi connectivity index (χ0n) is 19.1. The van der Waals surface area contributed by atoms with Crippen molar-refractivity contribution in [1.82, 2.24) is 9.21 Å². The monoisotopic (exact) mass is 459 g/mol. The molecule has 8 heteroatoms. The van der Waals surface area contributed by atoms with Gasteiger partial charge in [0.05, 0.1) is 24.2 Å². The number of hydrogen-bond acceptors (Lipinski definition) is 5. The van der Waals surface area contributed by atoms with Crippen molar-refractivity contribution < 1.29 is 17.9 Å². The van der Waals surface area contributed by atoms with E-state index >= 15 is 0 Å². The van der Waals surface area contributed by atoms with Gasteiger partial charge in [0, 0.05) is 25.7 Å². The molecular formula is C24H33N3O4S. The van der Waals surface area contributed by atoms with E-state index in [1.165, 1.54) is 23.5 Å². The fraction of sp³-hybridized carbons (Fsp3) is 0.458. The van der Waals surface area contributed by atoms with Crippen LogP contribution >= 0.6 is 0 Å². The van der Waals surface area contributed by atoms with Gasteiger partial charge in [-0.25, -0.2) is 8.42 Å². The third-order valence-corrected chi connectivity index (χ3v) is 7.60. The lowest BCUT2D eigenvalue weighted by Crippen LogP contribution is -2.37. The van der Waals surface area contributed by atoms with E-state index in [0.717, 1.165) is 24.8 Å². The molecule has 0 aliphatic carbocycles. The fourth-order valence-electron chi connectivity index (χ4n) is 3.81. The first-order chi connectivity index (χ1) is 15.3. The summed E-state index contributed by atoms with van der Waals surface area (Å²) in [4.78, 5) is 15.1. The van der Waals surface area contributed by atoms with Crippen molar-refractivity contribution in [3.63, 3.8) is 0 Å². The van der Waals surface area contributed by atoms with Gasteiger partial charge in [0.2, 0.25) is 15.9 Å². The number of ether oxygens (including phenoxy) is 1. The number of piperidine rings is 1. The lowest BCUT2D eigenvalue weighted by molar-refractivity contribution is -0.117. The van der Waals surface area contributed by atoms with Crippen LogP contribution in [0.25, 0.3) is 0 Å². The number of methoxy groups -OCH3 is 1. The summed E-state index contributed by atoms with van der Waals surface area (Å²) in [5.41, 5.74) is 1.49. The molecule has 0 bridgehead atoms. The second kappa shape index (κ2) is 10.9. The van der Waals surface area contributed by atoms with Gasteiger partial charge in [0.1, 0.15) is 5.75 Å². The quantitative estimate of drug-likeness (QED) is 0.618. The van der Waals surface area contributed by atoms with Crippen molar-refractivity contribution in [3.05, 3.63) is 54.1 Å². The zero-order valence-corrected chi connectivity index (χ0v) is 19.9. The molecule has 2 aromatic carbocycles. The SMILES string of the molecule is COc1ccc(S(=O)(=O)N2CCCCC2)cc1NC(=O)CN(Cc1ccccc1)C(C)C. The molecule has 1 aliphatic heterocycles. The van der Waals surface area contributed by atoms with E-state index in [-0.39, 0.29) is 23.4 Å². The van der Waals surface area contributed by atoms with Crippen LogP contribution in [0.3, 0.4) is 0 Å². The molecule has 174 valence electrons. The third kappa shape index (κ3) is 6.09. The molecule has 0 aromatic heterocycles. The first kappa shape index (κ1) is 24.2. The number of anilines is 1. The average molecular weight is 460 g/mol. The number of hydrogen-bond donors (Lipinski definition) is 1. The van der Waals surface area contributed by atoms with Crippen LogP contribution in [0, 0.1) is 0 Å². The second-order valence-corrected chi connectivity index (χ2v) is 10.3. The first-order valence-electron chi connectivity index (χ1n) is 11.1. The van der Waals surface area contributed by atoms with E-state index < -0.39 is 10.0 Å². The molecule has 1 heterocycles. The van der Waals surface area contributed by atoms with Crippen LogP contribution in [-0.4, -0.2) is 56.3 Å². The maximum atomic E-state index is 13.1. The Labute approximate surface area is 191 Å². The molecule has 2 aromatic rings. The Balaban J connectivity index is 1.76. The molecule has 3 rings (SSSR count). The molecular weight excluding hydrogens is 426 g/mol. The van der Waals surface area contributed by atoms with E-state index in [1.54, 1.807) is 6.07 Å². The standard InChI is InChI=1S/C24H33N3O4S/c1-19(2)26(17-20-10-6-4-7-11-20)18-24(28)25-22-16-21(12-13-23(22)31-3)32(29,30)27-14-8-5-9-15-27/h4,6-7,10-13,16,19H,5,8-9,14-15,17-18H2,1-3H3,(H,25,28). The average Bonchev–Trinajstić information content (AvgIpc) is 2.79. The first-order valence-corrected chi connectivity index (χ1v) is 12.5. The Hall–Kier alpha value is -2.42. The summed E-state index contributed by atoms with van der Waals surface area (Å²) < 4.78 is 33.0. The van der Waals surface area contributed by atoms with E-state index in [9.17, 15) is 13.2 Å². The molecule has 0 unspecified atom stereocenters. The zero-order chi connectivity index (χ0) is 23.1. The van der Waals surface area contributed by atoms with Crippen molar-refractivity contribution in [1.29, 1.82) is 0 Å². The van der Waals surface area contributed by atoms with Crippen molar-refractivity contribution in [3.8, 4) is 5.75 Å². The molecule has 0 radical (unpaired) electrons. The lowest BCUT2D eigenvalue weighted by Gasteiger charge is -2.27. The van der Waals surface area contributed by atoms with Gasteiger partial charge in [-0.1, -0.05) is 36.8 Å². The van der Waals surface area contributed by atoms with Gasteiger partial charge >= 0.3 is 0 Å². The summed E-state index contributed by atoms with van der Waals surface area (Å²) in [7, 11) is -2.11. The van der Waals surface area contributed by atoms with Crippen molar-refractivity contribution in [2.45, 2.75) is 50.6 Å². The number of carbonyl (C=O) groups is 1. The highest BCUT2D eigenvalue weighted by molar-refractivity contribution is 7.89. The summed E-state index contributed by atoms with van der Waals surface area (Å²) in [5.74, 6) is 0.204. The molecule has 1 N–H and O–H groups in total. The second-order valence-electron chi connectivity index (χ2n) is 8.36. The number of amides is 1. The Morgan fingerprint density at radius 2 is 1.78 bits per heavy atom. The molecule has 0 spiro atoms. The van der Waals surface area contributed by atoms with Gasteiger partial charge < -0.3 is 10.1 Å². The molecule has 0 atom stereocenters. The normalized spacial score (nSPS) is 15.2. The summed E-state index contributed by atoms with van der Waals surface area (Å²) in [6.07, 6.45) is 2.78. The summed E-state index contributed by atoms with van der Waals surface area (Å²) in [5, 5.41) is 2.86. The van der Waals surface area contributed by atoms with Crippen LogP contribution in [0.4, 0.5) is 5.69 Å². The van der Waals surface area contributed by atoms with Crippen LogP contribution in [0.15, 0.2) is 53.4 Å².